The maximum Gasteiger partial charge on any atom is 0.330 e. The first-order valence-electron chi connectivity index (χ1n) is 9.40. The molecule has 140 valence electrons. The first kappa shape index (κ1) is 21.4. The summed E-state index contributed by atoms with van der Waals surface area (Å²) in [6, 6.07) is 0. The molecule has 0 amide bonds. The average molecular weight is 357 g/mol. The van der Waals surface area contributed by atoms with Crippen LogP contribution in [0.3, 0.4) is 0 Å². The first-order chi connectivity index (χ1) is 11.3. The van der Waals surface area contributed by atoms with Crippen LogP contribution in [-0.2, 0) is 18.7 Å². The SMILES string of the molecule is CCOC(=O)/C=C/[C@@H]1O[C@H]1CCCO[Si](C(C)C)(C(C)C)C(C)C. The van der Waals surface area contributed by atoms with Crippen molar-refractivity contribution in [1.82, 2.24) is 0 Å². The zero-order valence-corrected chi connectivity index (χ0v) is 17.5. The summed E-state index contributed by atoms with van der Waals surface area (Å²) in [6.07, 6.45) is 5.56. The van der Waals surface area contributed by atoms with Crippen molar-refractivity contribution in [3.63, 3.8) is 0 Å². The van der Waals surface area contributed by atoms with E-state index in [0.717, 1.165) is 19.4 Å². The van der Waals surface area contributed by atoms with Gasteiger partial charge in [0.1, 0.15) is 6.10 Å². The molecule has 0 aliphatic carbocycles. The predicted octanol–water partition coefficient (Wildman–Crippen LogP) is 4.85. The molecule has 4 nitrogen and oxygen atoms in total. The van der Waals surface area contributed by atoms with Crippen LogP contribution in [0.5, 0.6) is 0 Å². The number of epoxide rings is 1. The van der Waals surface area contributed by atoms with Gasteiger partial charge in [-0.25, -0.2) is 4.79 Å². The molecule has 0 saturated carbocycles. The van der Waals surface area contributed by atoms with Gasteiger partial charge < -0.3 is 13.9 Å². The zero-order valence-electron chi connectivity index (χ0n) is 16.5. The Morgan fingerprint density at radius 2 is 1.71 bits per heavy atom. The summed E-state index contributed by atoms with van der Waals surface area (Å²) in [7, 11) is -1.75. The quantitative estimate of drug-likeness (QED) is 0.175. The molecule has 1 saturated heterocycles. The molecular formula is C19H36O4Si. The standard InChI is InChI=1S/C19H36O4Si/c1-8-21-19(20)12-11-18-17(23-18)10-9-13-22-24(14(2)3,15(4)5)16(6)7/h11-12,14-18H,8-10,13H2,1-7H3/b12-11+/t17-,18-/m0/s1. The largest absolute Gasteiger partial charge is 0.463 e. The second-order valence-corrected chi connectivity index (χ2v) is 13.0. The van der Waals surface area contributed by atoms with Crippen LogP contribution in [-0.4, -0.2) is 39.7 Å². The lowest BCUT2D eigenvalue weighted by atomic mass is 10.2. The number of esters is 1. The van der Waals surface area contributed by atoms with Crippen molar-refractivity contribution in [2.75, 3.05) is 13.2 Å². The fourth-order valence-corrected chi connectivity index (χ4v) is 9.45. The third-order valence-corrected chi connectivity index (χ3v) is 11.1. The molecule has 0 N–H and O–H groups in total. The van der Waals surface area contributed by atoms with Crippen molar-refractivity contribution in [2.24, 2.45) is 0 Å². The van der Waals surface area contributed by atoms with Crippen LogP contribution >= 0.6 is 0 Å². The summed E-state index contributed by atoms with van der Waals surface area (Å²) in [5.41, 5.74) is 1.86. The monoisotopic (exact) mass is 356 g/mol. The molecule has 1 aliphatic rings. The van der Waals surface area contributed by atoms with E-state index in [2.05, 4.69) is 41.5 Å². The molecule has 1 heterocycles. The summed E-state index contributed by atoms with van der Waals surface area (Å²) >= 11 is 0. The smallest absolute Gasteiger partial charge is 0.330 e. The highest BCUT2D eigenvalue weighted by molar-refractivity contribution is 6.77. The second kappa shape index (κ2) is 9.73. The highest BCUT2D eigenvalue weighted by Crippen LogP contribution is 2.42. The minimum Gasteiger partial charge on any atom is -0.463 e. The van der Waals surface area contributed by atoms with Gasteiger partial charge in [-0.2, -0.15) is 0 Å². The van der Waals surface area contributed by atoms with Gasteiger partial charge >= 0.3 is 5.97 Å². The number of carbonyl (C=O) groups excluding carboxylic acids is 1. The van der Waals surface area contributed by atoms with Crippen LogP contribution in [0.4, 0.5) is 0 Å². The van der Waals surface area contributed by atoms with Gasteiger partial charge in [0.05, 0.1) is 12.7 Å². The zero-order chi connectivity index (χ0) is 18.3. The molecule has 0 radical (unpaired) electrons. The van der Waals surface area contributed by atoms with Crippen LogP contribution in [0.2, 0.25) is 16.6 Å². The molecule has 0 spiro atoms. The van der Waals surface area contributed by atoms with Crippen LogP contribution in [0.15, 0.2) is 12.2 Å². The summed E-state index contributed by atoms with van der Waals surface area (Å²) in [5, 5.41) is 0. The Morgan fingerprint density at radius 3 is 2.21 bits per heavy atom. The van der Waals surface area contributed by atoms with Crippen molar-refractivity contribution in [1.29, 1.82) is 0 Å². The molecular weight excluding hydrogens is 320 g/mol. The third kappa shape index (κ3) is 5.71. The van der Waals surface area contributed by atoms with E-state index >= 15 is 0 Å². The number of hydrogen-bond acceptors (Lipinski definition) is 4. The molecule has 2 atom stereocenters. The Bertz CT molecular complexity index is 396. The Morgan fingerprint density at radius 1 is 1.12 bits per heavy atom. The van der Waals surface area contributed by atoms with E-state index in [1.54, 1.807) is 13.0 Å². The third-order valence-electron chi connectivity index (χ3n) is 5.02. The van der Waals surface area contributed by atoms with Crippen LogP contribution in [0.1, 0.15) is 61.3 Å². The number of carbonyl (C=O) groups is 1. The lowest BCUT2D eigenvalue weighted by Gasteiger charge is -2.42. The molecule has 1 rings (SSSR count). The minimum atomic E-state index is -1.75. The molecule has 1 fully saturated rings. The lowest BCUT2D eigenvalue weighted by molar-refractivity contribution is -0.137. The molecule has 0 aromatic heterocycles. The summed E-state index contributed by atoms with van der Waals surface area (Å²) in [4.78, 5) is 11.3. The highest BCUT2D eigenvalue weighted by atomic mass is 28.4. The lowest BCUT2D eigenvalue weighted by Crippen LogP contribution is -2.48. The van der Waals surface area contributed by atoms with Crippen molar-refractivity contribution in [3.05, 3.63) is 12.2 Å². The van der Waals surface area contributed by atoms with Gasteiger partial charge in [-0.3, -0.25) is 0 Å². The minimum absolute atomic E-state index is 0.0664. The fourth-order valence-electron chi connectivity index (χ4n) is 3.96. The van der Waals surface area contributed by atoms with Gasteiger partial charge in [-0.05, 0) is 42.5 Å². The van der Waals surface area contributed by atoms with E-state index in [9.17, 15) is 4.79 Å². The van der Waals surface area contributed by atoms with Gasteiger partial charge in [-0.15, -0.1) is 0 Å². The first-order valence-corrected chi connectivity index (χ1v) is 11.5. The van der Waals surface area contributed by atoms with Gasteiger partial charge in [0.15, 0.2) is 8.32 Å². The molecule has 0 aromatic carbocycles. The van der Waals surface area contributed by atoms with E-state index in [0.29, 0.717) is 23.2 Å². The molecule has 0 bridgehead atoms. The molecule has 5 heteroatoms. The Kier molecular flexibility index (Phi) is 8.67. The van der Waals surface area contributed by atoms with E-state index in [1.807, 2.05) is 0 Å². The Labute approximate surface area is 149 Å². The number of rotatable bonds is 11. The summed E-state index contributed by atoms with van der Waals surface area (Å²) in [6.45, 7) is 16.9. The van der Waals surface area contributed by atoms with Crippen LogP contribution in [0.25, 0.3) is 0 Å². The van der Waals surface area contributed by atoms with Gasteiger partial charge in [0.25, 0.3) is 0 Å². The fraction of sp³-hybridized carbons (Fsp3) is 0.842. The number of ether oxygens (including phenoxy) is 2. The predicted molar refractivity (Wildman–Crippen MR) is 101 cm³/mol. The maximum atomic E-state index is 11.3. The molecule has 24 heavy (non-hydrogen) atoms. The molecule has 0 unspecified atom stereocenters. The van der Waals surface area contributed by atoms with E-state index < -0.39 is 8.32 Å². The van der Waals surface area contributed by atoms with E-state index in [-0.39, 0.29) is 18.2 Å². The molecule has 0 aromatic rings. The Hall–Kier alpha value is -0.653. The van der Waals surface area contributed by atoms with Crippen molar-refractivity contribution in [3.8, 4) is 0 Å². The van der Waals surface area contributed by atoms with Crippen molar-refractivity contribution >= 4 is 14.3 Å². The summed E-state index contributed by atoms with van der Waals surface area (Å²) in [5.74, 6) is -0.295. The van der Waals surface area contributed by atoms with Gasteiger partial charge in [0, 0.05) is 12.7 Å². The topological polar surface area (TPSA) is 48.1 Å². The van der Waals surface area contributed by atoms with Crippen LogP contribution in [0, 0.1) is 0 Å². The van der Waals surface area contributed by atoms with Crippen molar-refractivity contribution in [2.45, 2.75) is 90.1 Å². The normalized spacial score (nSPS) is 21.2. The maximum absolute atomic E-state index is 11.3. The highest BCUT2D eigenvalue weighted by Gasteiger charge is 2.45. The van der Waals surface area contributed by atoms with Crippen LogP contribution < -0.4 is 0 Å². The second-order valence-electron chi connectivity index (χ2n) is 7.56. The summed E-state index contributed by atoms with van der Waals surface area (Å²) < 4.78 is 17.0. The Balaban J connectivity index is 2.34. The van der Waals surface area contributed by atoms with Gasteiger partial charge in [-0.1, -0.05) is 41.5 Å². The van der Waals surface area contributed by atoms with E-state index in [4.69, 9.17) is 13.9 Å². The van der Waals surface area contributed by atoms with E-state index in [1.165, 1.54) is 6.08 Å². The van der Waals surface area contributed by atoms with Gasteiger partial charge in [0.2, 0.25) is 0 Å². The van der Waals surface area contributed by atoms with Crippen molar-refractivity contribution < 1.29 is 18.7 Å². The number of hydrogen-bond donors (Lipinski definition) is 0. The average Bonchev–Trinajstić information content (AvgIpc) is 3.23. The molecule has 1 aliphatic heterocycles.